The van der Waals surface area contributed by atoms with Crippen LogP contribution in [0.5, 0.6) is 0 Å². The topological polar surface area (TPSA) is 90.9 Å². The molecule has 8 nitrogen and oxygen atoms in total. The molecule has 0 saturated carbocycles. The molecule has 1 aromatic heterocycles. The zero-order chi connectivity index (χ0) is 19.2. The monoisotopic (exact) mass is 398 g/mol. The van der Waals surface area contributed by atoms with E-state index in [2.05, 4.69) is 30.8 Å². The van der Waals surface area contributed by atoms with E-state index >= 15 is 0 Å². The molecule has 1 aromatic carbocycles. The van der Waals surface area contributed by atoms with Gasteiger partial charge in [-0.15, -0.1) is 11.3 Å². The third-order valence-electron chi connectivity index (χ3n) is 4.34. The van der Waals surface area contributed by atoms with Gasteiger partial charge in [0, 0.05) is 36.0 Å². The summed E-state index contributed by atoms with van der Waals surface area (Å²) in [6, 6.07) is 7.60. The number of aliphatic imine (C=N–C) groups is 1. The Labute approximate surface area is 167 Å². The van der Waals surface area contributed by atoms with Gasteiger partial charge in [0.25, 0.3) is 0 Å². The number of aromatic nitrogens is 1. The first-order valence-corrected chi connectivity index (χ1v) is 10.0. The van der Waals surface area contributed by atoms with Crippen LogP contribution >= 0.6 is 11.3 Å². The number of anilines is 2. The lowest BCUT2D eigenvalue weighted by Gasteiger charge is -2.25. The maximum atomic E-state index is 12.3. The lowest BCUT2D eigenvalue weighted by atomic mass is 10.2. The Hall–Kier alpha value is -2.75. The molecule has 2 aromatic rings. The zero-order valence-corrected chi connectivity index (χ0v) is 16.2. The highest BCUT2D eigenvalue weighted by molar-refractivity contribution is 7.10. The van der Waals surface area contributed by atoms with E-state index in [1.165, 1.54) is 0 Å². The Bertz CT molecular complexity index is 874. The Balaban J connectivity index is 1.33. The molecule has 1 saturated heterocycles. The molecule has 0 aliphatic carbocycles. The summed E-state index contributed by atoms with van der Waals surface area (Å²) >= 11 is 1.58. The number of ether oxygens (including phenoxy) is 1. The van der Waals surface area contributed by atoms with Crippen molar-refractivity contribution in [2.24, 2.45) is 4.99 Å². The summed E-state index contributed by atoms with van der Waals surface area (Å²) in [4.78, 5) is 23.1. The first-order chi connectivity index (χ1) is 13.8. The molecule has 1 amide bonds. The number of morpholine rings is 1. The number of nitrogens with zero attached hydrogens (tertiary/aromatic N) is 3. The molecule has 0 atom stereocenters. The zero-order valence-electron chi connectivity index (χ0n) is 15.4. The number of thiazole rings is 1. The number of amides is 1. The van der Waals surface area contributed by atoms with E-state index in [9.17, 15) is 4.79 Å². The number of guanidine groups is 1. The van der Waals surface area contributed by atoms with E-state index in [1.807, 2.05) is 35.7 Å². The van der Waals surface area contributed by atoms with Gasteiger partial charge < -0.3 is 20.7 Å². The molecule has 0 bridgehead atoms. The number of hydrogen-bond acceptors (Lipinski definition) is 8. The number of carbonyl (C=O) groups excluding carboxylic acids is 1. The summed E-state index contributed by atoms with van der Waals surface area (Å²) < 4.78 is 5.31. The minimum absolute atomic E-state index is 0.0267. The van der Waals surface area contributed by atoms with Crippen LogP contribution < -0.4 is 16.0 Å². The predicted molar refractivity (Wildman–Crippen MR) is 111 cm³/mol. The number of hydrogen-bond donors (Lipinski definition) is 3. The minimum atomic E-state index is -0.0267. The Morgan fingerprint density at radius 2 is 2.14 bits per heavy atom. The molecule has 2 aliphatic rings. The number of carbonyl (C=O) groups is 1. The molecule has 3 N–H and O–H groups in total. The van der Waals surface area contributed by atoms with Gasteiger partial charge in [0.1, 0.15) is 5.01 Å². The lowest BCUT2D eigenvalue weighted by molar-refractivity contribution is -0.118. The van der Waals surface area contributed by atoms with Crippen molar-refractivity contribution in [2.75, 3.05) is 50.0 Å². The van der Waals surface area contributed by atoms with Crippen molar-refractivity contribution in [3.63, 3.8) is 0 Å². The van der Waals surface area contributed by atoms with Crippen molar-refractivity contribution in [3.05, 3.63) is 46.9 Å². The Morgan fingerprint density at radius 3 is 2.96 bits per heavy atom. The molecule has 146 valence electrons. The fourth-order valence-electron chi connectivity index (χ4n) is 2.99. The van der Waals surface area contributed by atoms with Gasteiger partial charge in [-0.05, 0) is 24.3 Å². The van der Waals surface area contributed by atoms with Gasteiger partial charge in [-0.1, -0.05) is 6.07 Å². The molecule has 0 spiro atoms. The lowest BCUT2D eigenvalue weighted by Crippen LogP contribution is -2.41. The maximum absolute atomic E-state index is 12.3. The average molecular weight is 398 g/mol. The number of benzene rings is 1. The van der Waals surface area contributed by atoms with E-state index in [1.54, 1.807) is 17.5 Å². The molecule has 0 radical (unpaired) electrons. The molecular weight excluding hydrogens is 376 g/mol. The molecule has 3 heterocycles. The number of rotatable bonds is 5. The highest BCUT2D eigenvalue weighted by atomic mass is 32.1. The molecule has 0 unspecified atom stereocenters. The molecule has 28 heavy (non-hydrogen) atoms. The van der Waals surface area contributed by atoms with E-state index in [0.29, 0.717) is 32.3 Å². The second kappa shape index (κ2) is 8.96. The van der Waals surface area contributed by atoms with Crippen LogP contribution in [0.4, 0.5) is 11.4 Å². The summed E-state index contributed by atoms with van der Waals surface area (Å²) in [5.41, 5.74) is 2.54. The van der Waals surface area contributed by atoms with E-state index in [0.717, 1.165) is 35.2 Å². The first-order valence-electron chi connectivity index (χ1n) is 9.15. The largest absolute Gasteiger partial charge is 0.379 e. The normalized spacial score (nSPS) is 17.3. The van der Waals surface area contributed by atoms with Crippen molar-refractivity contribution < 1.29 is 9.53 Å². The van der Waals surface area contributed by atoms with Crippen molar-refractivity contribution in [1.29, 1.82) is 0 Å². The average Bonchev–Trinajstić information content (AvgIpc) is 3.24. The van der Waals surface area contributed by atoms with Crippen LogP contribution in [0.25, 0.3) is 5.70 Å². The SMILES string of the molecule is O=C(CN1CCOCC1)Nc1cccc(NC2=NCC=C(c3nccs3)N2)c1. The predicted octanol–water partition coefficient (Wildman–Crippen LogP) is 1.83. The van der Waals surface area contributed by atoms with Crippen LogP contribution in [0.1, 0.15) is 5.01 Å². The van der Waals surface area contributed by atoms with Gasteiger partial charge in [-0.25, -0.2) is 9.98 Å². The summed E-state index contributed by atoms with van der Waals surface area (Å²) in [5, 5.41) is 12.4. The summed E-state index contributed by atoms with van der Waals surface area (Å²) in [7, 11) is 0. The minimum Gasteiger partial charge on any atom is -0.379 e. The maximum Gasteiger partial charge on any atom is 0.238 e. The fourth-order valence-corrected chi connectivity index (χ4v) is 3.62. The quantitative estimate of drug-likeness (QED) is 0.712. The van der Waals surface area contributed by atoms with E-state index in [4.69, 9.17) is 4.74 Å². The van der Waals surface area contributed by atoms with Crippen LogP contribution in [0.3, 0.4) is 0 Å². The molecular formula is C19H22N6O2S. The van der Waals surface area contributed by atoms with Gasteiger partial charge >= 0.3 is 0 Å². The molecule has 9 heteroatoms. The molecule has 2 aliphatic heterocycles. The van der Waals surface area contributed by atoms with Gasteiger partial charge in [-0.2, -0.15) is 0 Å². The number of nitrogens with one attached hydrogen (secondary N) is 3. The molecule has 1 fully saturated rings. The van der Waals surface area contributed by atoms with Crippen molar-refractivity contribution in [3.8, 4) is 0 Å². The summed E-state index contributed by atoms with van der Waals surface area (Å²) in [5.74, 6) is 0.630. The van der Waals surface area contributed by atoms with Crippen LogP contribution in [0.15, 0.2) is 46.9 Å². The van der Waals surface area contributed by atoms with Gasteiger partial charge in [-0.3, -0.25) is 9.69 Å². The van der Waals surface area contributed by atoms with Gasteiger partial charge in [0.2, 0.25) is 11.9 Å². The van der Waals surface area contributed by atoms with Gasteiger partial charge in [0.05, 0.1) is 32.0 Å². The van der Waals surface area contributed by atoms with E-state index < -0.39 is 0 Å². The van der Waals surface area contributed by atoms with Gasteiger partial charge in [0.15, 0.2) is 0 Å². The van der Waals surface area contributed by atoms with Crippen LogP contribution in [0.2, 0.25) is 0 Å². The van der Waals surface area contributed by atoms with E-state index in [-0.39, 0.29) is 5.91 Å². The van der Waals surface area contributed by atoms with Crippen LogP contribution in [0, 0.1) is 0 Å². The van der Waals surface area contributed by atoms with Crippen molar-refractivity contribution >= 4 is 40.3 Å². The first kappa shape index (κ1) is 18.6. The third-order valence-corrected chi connectivity index (χ3v) is 5.15. The highest BCUT2D eigenvalue weighted by Gasteiger charge is 2.15. The fraction of sp³-hybridized carbons (Fsp3) is 0.316. The van der Waals surface area contributed by atoms with Crippen molar-refractivity contribution in [1.82, 2.24) is 15.2 Å². The van der Waals surface area contributed by atoms with Crippen LogP contribution in [-0.2, 0) is 9.53 Å². The second-order valence-electron chi connectivity index (χ2n) is 6.41. The summed E-state index contributed by atoms with van der Waals surface area (Å²) in [6.45, 7) is 3.89. The highest BCUT2D eigenvalue weighted by Crippen LogP contribution is 2.18. The Morgan fingerprint density at radius 1 is 1.29 bits per heavy atom. The van der Waals surface area contributed by atoms with Crippen molar-refractivity contribution in [2.45, 2.75) is 0 Å². The molecule has 4 rings (SSSR count). The van der Waals surface area contributed by atoms with Crippen LogP contribution in [-0.4, -0.2) is 61.1 Å². The summed E-state index contributed by atoms with van der Waals surface area (Å²) in [6.07, 6.45) is 3.79. The third kappa shape index (κ3) is 4.94. The second-order valence-corrected chi connectivity index (χ2v) is 7.31. The smallest absolute Gasteiger partial charge is 0.238 e. The standard InChI is InChI=1S/C19H22N6O2S/c26-17(13-25-7-9-27-10-8-25)22-14-2-1-3-15(12-14)23-19-21-5-4-16(24-19)18-20-6-11-28-18/h1-4,6,11-12H,5,7-10,13H2,(H,22,26)(H2,21,23,24). The Kier molecular flexibility index (Phi) is 5.95.